The minimum absolute atomic E-state index is 0.324. The maximum Gasteiger partial charge on any atom is 0.326 e. The van der Waals surface area contributed by atoms with Gasteiger partial charge in [0.05, 0.1) is 6.04 Å². The van der Waals surface area contributed by atoms with Crippen LogP contribution in [0.2, 0.25) is 0 Å². The summed E-state index contributed by atoms with van der Waals surface area (Å²) in [6.07, 6.45) is 2.76. The van der Waals surface area contributed by atoms with Crippen LogP contribution in [-0.2, 0) is 11.8 Å². The molecule has 2 atom stereocenters. The zero-order chi connectivity index (χ0) is 14.0. The quantitative estimate of drug-likeness (QED) is 0.811. The van der Waals surface area contributed by atoms with Crippen molar-refractivity contribution in [2.75, 3.05) is 6.54 Å². The lowest BCUT2D eigenvalue weighted by atomic mass is 10.2. The van der Waals surface area contributed by atoms with Gasteiger partial charge in [-0.3, -0.25) is 0 Å². The summed E-state index contributed by atoms with van der Waals surface area (Å²) in [5.41, 5.74) is 0. The lowest BCUT2D eigenvalue weighted by molar-refractivity contribution is -0.141. The summed E-state index contributed by atoms with van der Waals surface area (Å²) in [7, 11) is 1.79. The number of nitrogens with zero attached hydrogens (tertiary/aromatic N) is 4. The number of hydrogen-bond acceptors (Lipinski definition) is 4. The van der Waals surface area contributed by atoms with Gasteiger partial charge in [0.2, 0.25) is 0 Å². The third-order valence-electron chi connectivity index (χ3n) is 3.27. The van der Waals surface area contributed by atoms with Crippen LogP contribution in [-0.4, -0.2) is 49.4 Å². The molecule has 1 aliphatic rings. The van der Waals surface area contributed by atoms with Gasteiger partial charge in [0.15, 0.2) is 5.82 Å². The number of urea groups is 1. The summed E-state index contributed by atoms with van der Waals surface area (Å²) in [5.74, 6) is -0.335. The molecule has 2 N–H and O–H groups in total. The van der Waals surface area contributed by atoms with Crippen LogP contribution in [0.3, 0.4) is 0 Å². The zero-order valence-corrected chi connectivity index (χ0v) is 10.9. The molecule has 2 rings (SSSR count). The highest BCUT2D eigenvalue weighted by Gasteiger charge is 2.34. The van der Waals surface area contributed by atoms with Crippen molar-refractivity contribution in [3.05, 3.63) is 12.2 Å². The smallest absolute Gasteiger partial charge is 0.326 e. The number of likely N-dealkylation sites (tertiary alicyclic amines) is 1. The van der Waals surface area contributed by atoms with E-state index in [9.17, 15) is 9.59 Å². The van der Waals surface area contributed by atoms with Crippen molar-refractivity contribution in [3.63, 3.8) is 0 Å². The Labute approximate surface area is 110 Å². The zero-order valence-electron chi connectivity index (χ0n) is 10.9. The highest BCUT2D eigenvalue weighted by molar-refractivity contribution is 5.83. The number of aliphatic carboxylic acids is 1. The molecule has 8 nitrogen and oxygen atoms in total. The van der Waals surface area contributed by atoms with Gasteiger partial charge in [-0.25, -0.2) is 9.59 Å². The number of amides is 2. The van der Waals surface area contributed by atoms with Crippen LogP contribution < -0.4 is 5.32 Å². The summed E-state index contributed by atoms with van der Waals surface area (Å²) >= 11 is 0. The van der Waals surface area contributed by atoms with Crippen molar-refractivity contribution in [3.8, 4) is 0 Å². The summed E-state index contributed by atoms with van der Waals surface area (Å²) in [4.78, 5) is 24.5. The number of carbonyl (C=O) groups excluding carboxylic acids is 1. The first kappa shape index (κ1) is 13.3. The third-order valence-corrected chi connectivity index (χ3v) is 3.27. The van der Waals surface area contributed by atoms with E-state index in [1.165, 1.54) is 4.90 Å². The third kappa shape index (κ3) is 2.67. The molecular weight excluding hydrogens is 250 g/mol. The molecule has 1 fully saturated rings. The van der Waals surface area contributed by atoms with E-state index in [0.717, 1.165) is 0 Å². The first-order chi connectivity index (χ1) is 9.00. The Bertz CT molecular complexity index is 486. The number of nitrogens with one attached hydrogen (secondary N) is 1. The maximum absolute atomic E-state index is 12.1. The van der Waals surface area contributed by atoms with Crippen LogP contribution >= 0.6 is 0 Å². The van der Waals surface area contributed by atoms with Gasteiger partial charge in [0.25, 0.3) is 0 Å². The Morgan fingerprint density at radius 2 is 2.32 bits per heavy atom. The molecule has 0 saturated carbocycles. The first-order valence-electron chi connectivity index (χ1n) is 6.14. The van der Waals surface area contributed by atoms with Crippen molar-refractivity contribution in [2.24, 2.45) is 7.05 Å². The Morgan fingerprint density at radius 3 is 2.89 bits per heavy atom. The molecule has 19 heavy (non-hydrogen) atoms. The minimum atomic E-state index is -0.959. The second-order valence-corrected chi connectivity index (χ2v) is 4.66. The number of carboxylic acid groups (broad SMARTS) is 1. The molecule has 0 aromatic carbocycles. The number of carbonyl (C=O) groups is 2. The molecule has 1 saturated heterocycles. The SMILES string of the molecule is CC(NC(=O)N1CCC[C@@H]1C(=O)O)c1nncn1C. The van der Waals surface area contributed by atoms with Crippen molar-refractivity contribution in [1.29, 1.82) is 0 Å². The topological polar surface area (TPSA) is 100 Å². The molecule has 2 amide bonds. The van der Waals surface area contributed by atoms with Crippen LogP contribution in [0.15, 0.2) is 6.33 Å². The molecule has 104 valence electrons. The highest BCUT2D eigenvalue weighted by atomic mass is 16.4. The standard InChI is InChI=1S/C11H17N5O3/c1-7(9-14-12-6-15(9)2)13-11(19)16-5-3-4-8(16)10(17)18/h6-8H,3-5H2,1-2H3,(H,13,19)(H,17,18)/t7?,8-/m1/s1. The van der Waals surface area contributed by atoms with Gasteiger partial charge in [0.1, 0.15) is 12.4 Å². The van der Waals surface area contributed by atoms with Gasteiger partial charge in [-0.2, -0.15) is 0 Å². The molecule has 1 unspecified atom stereocenters. The Kier molecular flexibility index (Phi) is 3.68. The van der Waals surface area contributed by atoms with Crippen molar-refractivity contribution in [1.82, 2.24) is 25.0 Å². The largest absolute Gasteiger partial charge is 0.480 e. The molecule has 0 radical (unpaired) electrons. The Morgan fingerprint density at radius 1 is 1.58 bits per heavy atom. The number of hydrogen-bond donors (Lipinski definition) is 2. The van der Waals surface area contributed by atoms with E-state index in [0.29, 0.717) is 25.2 Å². The van der Waals surface area contributed by atoms with E-state index in [2.05, 4.69) is 15.5 Å². The molecule has 0 spiro atoms. The molecule has 0 aliphatic carbocycles. The van der Waals surface area contributed by atoms with E-state index < -0.39 is 12.0 Å². The summed E-state index contributed by atoms with van der Waals surface area (Å²) in [6.45, 7) is 2.25. The average molecular weight is 267 g/mol. The van der Waals surface area contributed by atoms with Crippen LogP contribution in [0.25, 0.3) is 0 Å². The van der Waals surface area contributed by atoms with Gasteiger partial charge < -0.3 is 19.9 Å². The minimum Gasteiger partial charge on any atom is -0.480 e. The maximum atomic E-state index is 12.1. The van der Waals surface area contributed by atoms with Gasteiger partial charge >= 0.3 is 12.0 Å². The first-order valence-corrected chi connectivity index (χ1v) is 6.14. The molecule has 1 aromatic rings. The number of aryl methyl sites for hydroxylation is 1. The molecule has 1 aliphatic heterocycles. The second-order valence-electron chi connectivity index (χ2n) is 4.66. The molecule has 2 heterocycles. The normalized spacial score (nSPS) is 20.3. The fourth-order valence-corrected chi connectivity index (χ4v) is 2.28. The fourth-order valence-electron chi connectivity index (χ4n) is 2.28. The number of rotatable bonds is 3. The summed E-state index contributed by atoms with van der Waals surface area (Å²) in [5, 5.41) is 19.5. The fraction of sp³-hybridized carbons (Fsp3) is 0.636. The average Bonchev–Trinajstić information content (AvgIpc) is 2.96. The van der Waals surface area contributed by atoms with Gasteiger partial charge in [-0.1, -0.05) is 0 Å². The van der Waals surface area contributed by atoms with Crippen molar-refractivity contribution >= 4 is 12.0 Å². The second kappa shape index (κ2) is 5.25. The lowest BCUT2D eigenvalue weighted by Crippen LogP contribution is -2.46. The molecule has 1 aromatic heterocycles. The van der Waals surface area contributed by atoms with Gasteiger partial charge in [-0.05, 0) is 19.8 Å². The predicted molar refractivity (Wildman–Crippen MR) is 65.3 cm³/mol. The van der Waals surface area contributed by atoms with E-state index in [1.807, 2.05) is 0 Å². The van der Waals surface area contributed by atoms with Gasteiger partial charge in [0, 0.05) is 13.6 Å². The van der Waals surface area contributed by atoms with Crippen LogP contribution in [0, 0.1) is 0 Å². The lowest BCUT2D eigenvalue weighted by Gasteiger charge is -2.23. The van der Waals surface area contributed by atoms with Crippen molar-refractivity contribution in [2.45, 2.75) is 31.8 Å². The summed E-state index contributed by atoms with van der Waals surface area (Å²) < 4.78 is 1.71. The number of aromatic nitrogens is 3. The van der Waals surface area contributed by atoms with E-state index in [-0.39, 0.29) is 12.1 Å². The van der Waals surface area contributed by atoms with Crippen LogP contribution in [0.4, 0.5) is 4.79 Å². The van der Waals surface area contributed by atoms with Crippen LogP contribution in [0.1, 0.15) is 31.6 Å². The van der Waals surface area contributed by atoms with E-state index >= 15 is 0 Å². The monoisotopic (exact) mass is 267 g/mol. The number of carboxylic acids is 1. The van der Waals surface area contributed by atoms with E-state index in [4.69, 9.17) is 5.11 Å². The van der Waals surface area contributed by atoms with Crippen molar-refractivity contribution < 1.29 is 14.7 Å². The molecule has 0 bridgehead atoms. The van der Waals surface area contributed by atoms with Crippen LogP contribution in [0.5, 0.6) is 0 Å². The molecular formula is C11H17N5O3. The van der Waals surface area contributed by atoms with Gasteiger partial charge in [-0.15, -0.1) is 10.2 Å². The Hall–Kier alpha value is -2.12. The highest BCUT2D eigenvalue weighted by Crippen LogP contribution is 2.18. The molecule has 8 heteroatoms. The summed E-state index contributed by atoms with van der Waals surface area (Å²) in [6, 6.07) is -1.43. The predicted octanol–water partition coefficient (Wildman–Crippen LogP) is 0.135. The van der Waals surface area contributed by atoms with E-state index in [1.54, 1.807) is 24.9 Å². The Balaban J connectivity index is 2.01.